The van der Waals surface area contributed by atoms with Gasteiger partial charge in [-0.2, -0.15) is 0 Å². The second-order valence-corrected chi connectivity index (χ2v) is 4.85. The maximum absolute atomic E-state index is 10.2. The molecule has 0 unspecified atom stereocenters. The zero-order valence-corrected chi connectivity index (χ0v) is 11.0. The van der Waals surface area contributed by atoms with E-state index in [1.807, 2.05) is 30.3 Å². The SMILES string of the molecule is C[C@H](O)C(CCCO)(CCCO)c1ccccc1. The Bertz CT molecular complexity index is 314. The quantitative estimate of drug-likeness (QED) is 0.661. The molecule has 18 heavy (non-hydrogen) atoms. The summed E-state index contributed by atoms with van der Waals surface area (Å²) in [6, 6.07) is 9.91. The number of hydrogen-bond donors (Lipinski definition) is 3. The molecule has 1 rings (SSSR count). The van der Waals surface area contributed by atoms with Crippen molar-refractivity contribution in [3.63, 3.8) is 0 Å². The van der Waals surface area contributed by atoms with E-state index in [0.29, 0.717) is 12.8 Å². The number of aliphatic hydroxyl groups is 3. The molecule has 3 N–H and O–H groups in total. The van der Waals surface area contributed by atoms with Gasteiger partial charge in [-0.25, -0.2) is 0 Å². The summed E-state index contributed by atoms with van der Waals surface area (Å²) in [5, 5.41) is 28.3. The first-order valence-electron chi connectivity index (χ1n) is 6.62. The second kappa shape index (κ2) is 7.52. The number of rotatable bonds is 8. The van der Waals surface area contributed by atoms with E-state index in [2.05, 4.69) is 0 Å². The fourth-order valence-electron chi connectivity index (χ4n) is 2.63. The molecule has 0 aliphatic rings. The van der Waals surface area contributed by atoms with Crippen molar-refractivity contribution in [1.82, 2.24) is 0 Å². The fourth-order valence-corrected chi connectivity index (χ4v) is 2.63. The molecule has 0 saturated carbocycles. The molecule has 0 amide bonds. The average molecular weight is 252 g/mol. The summed E-state index contributed by atoms with van der Waals surface area (Å²) >= 11 is 0. The summed E-state index contributed by atoms with van der Waals surface area (Å²) in [6.07, 6.45) is 2.27. The third-order valence-corrected chi connectivity index (χ3v) is 3.71. The van der Waals surface area contributed by atoms with Crippen molar-refractivity contribution in [3.05, 3.63) is 35.9 Å². The first-order valence-corrected chi connectivity index (χ1v) is 6.62. The molecule has 0 fully saturated rings. The van der Waals surface area contributed by atoms with Crippen LogP contribution in [0.2, 0.25) is 0 Å². The van der Waals surface area contributed by atoms with Crippen LogP contribution in [0.3, 0.4) is 0 Å². The minimum atomic E-state index is -0.502. The Morgan fingerprint density at radius 2 is 1.50 bits per heavy atom. The number of benzene rings is 1. The molecule has 0 aliphatic heterocycles. The molecule has 0 saturated heterocycles. The van der Waals surface area contributed by atoms with Gasteiger partial charge in [-0.3, -0.25) is 0 Å². The first kappa shape index (κ1) is 15.2. The zero-order valence-electron chi connectivity index (χ0n) is 11.0. The van der Waals surface area contributed by atoms with Crippen LogP contribution in [0.25, 0.3) is 0 Å². The summed E-state index contributed by atoms with van der Waals surface area (Å²) in [5.74, 6) is 0. The molecule has 0 aromatic heterocycles. The highest BCUT2D eigenvalue weighted by molar-refractivity contribution is 5.27. The lowest BCUT2D eigenvalue weighted by molar-refractivity contribution is 0.0720. The Morgan fingerprint density at radius 3 is 1.89 bits per heavy atom. The molecule has 0 heterocycles. The van der Waals surface area contributed by atoms with Gasteiger partial charge in [-0.15, -0.1) is 0 Å². The van der Waals surface area contributed by atoms with E-state index in [-0.39, 0.29) is 18.6 Å². The van der Waals surface area contributed by atoms with Crippen LogP contribution in [0, 0.1) is 0 Å². The van der Waals surface area contributed by atoms with Crippen molar-refractivity contribution in [3.8, 4) is 0 Å². The highest BCUT2D eigenvalue weighted by Crippen LogP contribution is 2.37. The Kier molecular flexibility index (Phi) is 6.33. The van der Waals surface area contributed by atoms with Crippen molar-refractivity contribution in [2.45, 2.75) is 44.1 Å². The second-order valence-electron chi connectivity index (χ2n) is 4.85. The molecular formula is C15H24O3. The maximum atomic E-state index is 10.2. The monoisotopic (exact) mass is 252 g/mol. The average Bonchev–Trinajstić information content (AvgIpc) is 2.40. The van der Waals surface area contributed by atoms with Gasteiger partial charge >= 0.3 is 0 Å². The number of aliphatic hydroxyl groups excluding tert-OH is 3. The van der Waals surface area contributed by atoms with E-state index >= 15 is 0 Å². The van der Waals surface area contributed by atoms with Crippen LogP contribution in [0.15, 0.2) is 30.3 Å². The summed E-state index contributed by atoms with van der Waals surface area (Å²) < 4.78 is 0. The number of hydrogen-bond acceptors (Lipinski definition) is 3. The summed E-state index contributed by atoms with van der Waals surface area (Å²) in [7, 11) is 0. The Balaban J connectivity index is 3.03. The third-order valence-electron chi connectivity index (χ3n) is 3.71. The summed E-state index contributed by atoms with van der Waals surface area (Å²) in [6.45, 7) is 2.04. The third kappa shape index (κ3) is 3.55. The van der Waals surface area contributed by atoms with Crippen molar-refractivity contribution in [2.75, 3.05) is 13.2 Å². The van der Waals surface area contributed by atoms with Crippen molar-refractivity contribution in [1.29, 1.82) is 0 Å². The van der Waals surface area contributed by atoms with E-state index in [1.54, 1.807) is 6.92 Å². The molecule has 0 aliphatic carbocycles. The van der Waals surface area contributed by atoms with Crippen LogP contribution in [0.5, 0.6) is 0 Å². The van der Waals surface area contributed by atoms with E-state index in [4.69, 9.17) is 10.2 Å². The lowest BCUT2D eigenvalue weighted by Crippen LogP contribution is -2.38. The van der Waals surface area contributed by atoms with Gasteiger partial charge in [0, 0.05) is 18.6 Å². The van der Waals surface area contributed by atoms with E-state index in [0.717, 1.165) is 18.4 Å². The largest absolute Gasteiger partial charge is 0.396 e. The molecule has 0 spiro atoms. The zero-order chi connectivity index (χ0) is 13.4. The molecule has 1 aromatic carbocycles. The highest BCUT2D eigenvalue weighted by atomic mass is 16.3. The summed E-state index contributed by atoms with van der Waals surface area (Å²) in [5.41, 5.74) is 0.717. The van der Waals surface area contributed by atoms with Gasteiger partial charge in [0.2, 0.25) is 0 Å². The van der Waals surface area contributed by atoms with Crippen molar-refractivity contribution >= 4 is 0 Å². The molecule has 0 radical (unpaired) electrons. The van der Waals surface area contributed by atoms with Crippen LogP contribution < -0.4 is 0 Å². The van der Waals surface area contributed by atoms with E-state index in [1.165, 1.54) is 0 Å². The normalized spacial score (nSPS) is 13.6. The highest BCUT2D eigenvalue weighted by Gasteiger charge is 2.35. The Labute approximate surface area is 109 Å². The van der Waals surface area contributed by atoms with Gasteiger partial charge in [0.15, 0.2) is 0 Å². The van der Waals surface area contributed by atoms with E-state index < -0.39 is 6.10 Å². The maximum Gasteiger partial charge on any atom is 0.0608 e. The minimum Gasteiger partial charge on any atom is -0.396 e. The van der Waals surface area contributed by atoms with Crippen LogP contribution in [0.1, 0.15) is 38.2 Å². The lowest BCUT2D eigenvalue weighted by atomic mass is 9.69. The Morgan fingerprint density at radius 1 is 1.00 bits per heavy atom. The van der Waals surface area contributed by atoms with Gasteiger partial charge in [-0.1, -0.05) is 30.3 Å². The fraction of sp³-hybridized carbons (Fsp3) is 0.600. The molecule has 1 aromatic rings. The molecule has 3 heteroatoms. The molecule has 3 nitrogen and oxygen atoms in total. The topological polar surface area (TPSA) is 60.7 Å². The molecular weight excluding hydrogens is 228 g/mol. The predicted molar refractivity (Wildman–Crippen MR) is 72.4 cm³/mol. The van der Waals surface area contributed by atoms with Crippen molar-refractivity contribution in [2.24, 2.45) is 0 Å². The predicted octanol–water partition coefficient (Wildman–Crippen LogP) is 1.85. The van der Waals surface area contributed by atoms with Gasteiger partial charge in [0.25, 0.3) is 0 Å². The Hall–Kier alpha value is -0.900. The van der Waals surface area contributed by atoms with Gasteiger partial charge < -0.3 is 15.3 Å². The van der Waals surface area contributed by atoms with E-state index in [9.17, 15) is 5.11 Å². The molecule has 0 bridgehead atoms. The molecule has 1 atom stereocenters. The van der Waals surface area contributed by atoms with Crippen LogP contribution in [0.4, 0.5) is 0 Å². The van der Waals surface area contributed by atoms with Crippen LogP contribution in [-0.4, -0.2) is 34.6 Å². The van der Waals surface area contributed by atoms with Crippen molar-refractivity contribution < 1.29 is 15.3 Å². The minimum absolute atomic E-state index is 0.125. The lowest BCUT2D eigenvalue weighted by Gasteiger charge is -2.37. The standard InChI is InChI=1S/C15H24O3/c1-13(18)15(9-5-11-16,10-6-12-17)14-7-3-2-4-8-14/h2-4,7-8,13,16-18H,5-6,9-12H2,1H3/t13-/m0/s1. The van der Waals surface area contributed by atoms with Gasteiger partial charge in [0.1, 0.15) is 0 Å². The summed E-state index contributed by atoms with van der Waals surface area (Å²) in [4.78, 5) is 0. The first-order chi connectivity index (χ1) is 8.67. The van der Waals surface area contributed by atoms with Crippen LogP contribution in [-0.2, 0) is 5.41 Å². The molecule has 102 valence electrons. The van der Waals surface area contributed by atoms with Gasteiger partial charge in [-0.05, 0) is 38.2 Å². The smallest absolute Gasteiger partial charge is 0.0608 e. The van der Waals surface area contributed by atoms with Crippen LogP contribution >= 0.6 is 0 Å². The van der Waals surface area contributed by atoms with Gasteiger partial charge in [0.05, 0.1) is 6.10 Å².